The number of nitrogens with one attached hydrogen (secondary N) is 1. The largest absolute Gasteiger partial charge is 0.313 e. The van der Waals surface area contributed by atoms with Crippen molar-refractivity contribution in [2.24, 2.45) is 11.3 Å². The van der Waals surface area contributed by atoms with E-state index in [2.05, 4.69) is 65.7 Å². The van der Waals surface area contributed by atoms with E-state index in [1.165, 1.54) is 30.4 Å². The summed E-state index contributed by atoms with van der Waals surface area (Å²) in [6.07, 6.45) is 10.7. The van der Waals surface area contributed by atoms with Gasteiger partial charge in [0.2, 0.25) is 0 Å². The van der Waals surface area contributed by atoms with Gasteiger partial charge in [0.15, 0.2) is 0 Å². The van der Waals surface area contributed by atoms with E-state index < -0.39 is 0 Å². The Labute approximate surface area is 132 Å². The lowest BCUT2D eigenvalue weighted by atomic mass is 9.69. The highest BCUT2D eigenvalue weighted by molar-refractivity contribution is 5.41. The molecule has 1 aliphatic rings. The SMILES string of the molecule is C=C(C)C1=C(C(C)(CC)CCC)CC=CCC(C)C1NC. The Balaban J connectivity index is 3.46. The molecule has 3 atom stereocenters. The summed E-state index contributed by atoms with van der Waals surface area (Å²) < 4.78 is 0. The lowest BCUT2D eigenvalue weighted by Crippen LogP contribution is -2.37. The smallest absolute Gasteiger partial charge is 0.0348 e. The predicted octanol–water partition coefficient (Wildman–Crippen LogP) is 5.65. The fourth-order valence-electron chi connectivity index (χ4n) is 3.85. The van der Waals surface area contributed by atoms with Crippen molar-refractivity contribution in [3.63, 3.8) is 0 Å². The van der Waals surface area contributed by atoms with Crippen LogP contribution in [0, 0.1) is 11.3 Å². The maximum Gasteiger partial charge on any atom is 0.0348 e. The molecule has 1 N–H and O–H groups in total. The Morgan fingerprint density at radius 3 is 2.52 bits per heavy atom. The van der Waals surface area contributed by atoms with E-state index in [1.807, 2.05) is 0 Å². The fraction of sp³-hybridized carbons (Fsp3) is 0.700. The van der Waals surface area contributed by atoms with E-state index in [0.29, 0.717) is 17.4 Å². The van der Waals surface area contributed by atoms with Gasteiger partial charge in [-0.05, 0) is 56.6 Å². The molecule has 0 spiro atoms. The minimum atomic E-state index is 0.291. The van der Waals surface area contributed by atoms with Crippen LogP contribution in [0.2, 0.25) is 0 Å². The molecule has 0 amide bonds. The molecule has 1 aliphatic carbocycles. The molecule has 0 radical (unpaired) electrons. The van der Waals surface area contributed by atoms with E-state index in [9.17, 15) is 0 Å². The van der Waals surface area contributed by atoms with Gasteiger partial charge in [-0.2, -0.15) is 0 Å². The van der Waals surface area contributed by atoms with Crippen LogP contribution in [0.5, 0.6) is 0 Å². The van der Waals surface area contributed by atoms with Crippen molar-refractivity contribution >= 4 is 0 Å². The molecule has 1 heteroatoms. The standard InChI is InChI=1S/C20H35N/c1-8-14-20(6,9-2)17-13-11-10-12-16(5)19(21-7)18(17)15(3)4/h10-11,16,19,21H,3,8-9,12-14H2,1-2,4-7H3. The molecule has 0 heterocycles. The van der Waals surface area contributed by atoms with E-state index >= 15 is 0 Å². The monoisotopic (exact) mass is 289 g/mol. The highest BCUT2D eigenvalue weighted by Gasteiger charge is 2.32. The Bertz CT molecular complexity index is 416. The highest BCUT2D eigenvalue weighted by Crippen LogP contribution is 2.43. The Hall–Kier alpha value is -0.820. The van der Waals surface area contributed by atoms with Gasteiger partial charge in [0, 0.05) is 6.04 Å². The van der Waals surface area contributed by atoms with E-state index in [0.717, 1.165) is 12.8 Å². The molecule has 1 nitrogen and oxygen atoms in total. The third-order valence-electron chi connectivity index (χ3n) is 5.28. The lowest BCUT2D eigenvalue weighted by molar-refractivity contribution is 0.329. The van der Waals surface area contributed by atoms with Crippen LogP contribution in [0.3, 0.4) is 0 Å². The molecule has 0 bridgehead atoms. The number of likely N-dealkylation sites (N-methyl/N-ethyl adjacent to an activating group) is 1. The first-order chi connectivity index (χ1) is 9.91. The van der Waals surface area contributed by atoms with E-state index in [-0.39, 0.29) is 0 Å². The summed E-state index contributed by atoms with van der Waals surface area (Å²) in [5.74, 6) is 0.607. The van der Waals surface area contributed by atoms with Crippen molar-refractivity contribution in [1.82, 2.24) is 5.32 Å². The van der Waals surface area contributed by atoms with Crippen LogP contribution < -0.4 is 5.32 Å². The minimum Gasteiger partial charge on any atom is -0.313 e. The number of hydrogen-bond acceptors (Lipinski definition) is 1. The molecule has 0 aromatic rings. The van der Waals surface area contributed by atoms with Gasteiger partial charge < -0.3 is 5.32 Å². The first-order valence-corrected chi connectivity index (χ1v) is 8.62. The van der Waals surface area contributed by atoms with Crippen LogP contribution in [-0.2, 0) is 0 Å². The van der Waals surface area contributed by atoms with Gasteiger partial charge in [0.25, 0.3) is 0 Å². The summed E-state index contributed by atoms with van der Waals surface area (Å²) >= 11 is 0. The van der Waals surface area contributed by atoms with Crippen molar-refractivity contribution in [3.05, 3.63) is 35.5 Å². The zero-order chi connectivity index (χ0) is 16.0. The zero-order valence-electron chi connectivity index (χ0n) is 15.1. The van der Waals surface area contributed by atoms with Crippen LogP contribution in [-0.4, -0.2) is 13.1 Å². The van der Waals surface area contributed by atoms with Crippen molar-refractivity contribution in [1.29, 1.82) is 0 Å². The van der Waals surface area contributed by atoms with Gasteiger partial charge >= 0.3 is 0 Å². The van der Waals surface area contributed by atoms with Gasteiger partial charge in [-0.15, -0.1) is 0 Å². The molecule has 21 heavy (non-hydrogen) atoms. The molecule has 0 fully saturated rings. The average molecular weight is 290 g/mol. The third kappa shape index (κ3) is 4.10. The highest BCUT2D eigenvalue weighted by atomic mass is 14.9. The minimum absolute atomic E-state index is 0.291. The summed E-state index contributed by atoms with van der Waals surface area (Å²) in [5, 5.41) is 3.57. The lowest BCUT2D eigenvalue weighted by Gasteiger charge is -2.38. The molecule has 0 aliphatic heterocycles. The zero-order valence-corrected chi connectivity index (χ0v) is 15.1. The maximum absolute atomic E-state index is 4.32. The molecular weight excluding hydrogens is 254 g/mol. The summed E-state index contributed by atoms with van der Waals surface area (Å²) in [6, 6.07) is 0.421. The van der Waals surface area contributed by atoms with Crippen LogP contribution in [0.25, 0.3) is 0 Å². The summed E-state index contributed by atoms with van der Waals surface area (Å²) in [4.78, 5) is 0. The van der Waals surface area contributed by atoms with Gasteiger partial charge in [-0.3, -0.25) is 0 Å². The second-order valence-corrected chi connectivity index (χ2v) is 6.99. The first-order valence-electron chi connectivity index (χ1n) is 8.62. The van der Waals surface area contributed by atoms with Crippen molar-refractivity contribution in [3.8, 4) is 0 Å². The van der Waals surface area contributed by atoms with Gasteiger partial charge in [0.1, 0.15) is 0 Å². The summed E-state index contributed by atoms with van der Waals surface area (Å²) in [6.45, 7) is 15.9. The molecule has 0 aromatic heterocycles. The predicted molar refractivity (Wildman–Crippen MR) is 95.5 cm³/mol. The molecular formula is C20H35N. The van der Waals surface area contributed by atoms with E-state index in [1.54, 1.807) is 5.57 Å². The van der Waals surface area contributed by atoms with Gasteiger partial charge in [-0.25, -0.2) is 0 Å². The van der Waals surface area contributed by atoms with Crippen LogP contribution in [0.1, 0.15) is 66.7 Å². The Morgan fingerprint density at radius 1 is 1.38 bits per heavy atom. The number of hydrogen-bond donors (Lipinski definition) is 1. The second-order valence-electron chi connectivity index (χ2n) is 6.99. The van der Waals surface area contributed by atoms with Crippen LogP contribution in [0.4, 0.5) is 0 Å². The first kappa shape index (κ1) is 18.2. The maximum atomic E-state index is 4.32. The molecule has 1 rings (SSSR count). The van der Waals surface area contributed by atoms with Crippen molar-refractivity contribution in [2.45, 2.75) is 72.8 Å². The van der Waals surface area contributed by atoms with Gasteiger partial charge in [0.05, 0.1) is 0 Å². The summed E-state index contributed by atoms with van der Waals surface area (Å²) in [7, 11) is 2.09. The van der Waals surface area contributed by atoms with Gasteiger partial charge in [-0.1, -0.05) is 64.0 Å². The summed E-state index contributed by atoms with van der Waals surface area (Å²) in [5.41, 5.74) is 4.63. The molecule has 0 aromatic carbocycles. The number of allylic oxidation sites excluding steroid dienone is 3. The third-order valence-corrected chi connectivity index (χ3v) is 5.28. The van der Waals surface area contributed by atoms with Crippen LogP contribution >= 0.6 is 0 Å². The molecule has 3 unspecified atom stereocenters. The van der Waals surface area contributed by atoms with Crippen molar-refractivity contribution in [2.75, 3.05) is 7.05 Å². The Morgan fingerprint density at radius 2 is 2.05 bits per heavy atom. The van der Waals surface area contributed by atoms with Crippen LogP contribution in [0.15, 0.2) is 35.5 Å². The second kappa shape index (κ2) is 7.98. The topological polar surface area (TPSA) is 12.0 Å². The fourth-order valence-corrected chi connectivity index (χ4v) is 3.85. The Kier molecular flexibility index (Phi) is 6.93. The quantitative estimate of drug-likeness (QED) is 0.623. The van der Waals surface area contributed by atoms with E-state index in [4.69, 9.17) is 0 Å². The molecule has 120 valence electrons. The normalized spacial score (nSPS) is 26.2. The molecule has 0 saturated carbocycles. The molecule has 0 saturated heterocycles. The number of rotatable bonds is 6. The van der Waals surface area contributed by atoms with Crippen molar-refractivity contribution < 1.29 is 0 Å². The average Bonchev–Trinajstić information content (AvgIpc) is 2.42.